The van der Waals surface area contributed by atoms with Gasteiger partial charge in [0.15, 0.2) is 12.3 Å². The molecule has 0 radical (unpaired) electrons. The number of rotatable bonds is 7. The van der Waals surface area contributed by atoms with Gasteiger partial charge in [0, 0.05) is 30.2 Å². The van der Waals surface area contributed by atoms with Crippen LogP contribution in [0.2, 0.25) is 15.1 Å². The molecule has 1 aromatic carbocycles. The zero-order valence-corrected chi connectivity index (χ0v) is 17.9. The fourth-order valence-electron chi connectivity index (χ4n) is 2.56. The van der Waals surface area contributed by atoms with E-state index in [2.05, 4.69) is 36.0 Å². The fraction of sp³-hybridized carbons (Fsp3) is 0.316. The van der Waals surface area contributed by atoms with Crippen molar-refractivity contribution in [3.8, 4) is 0 Å². The van der Waals surface area contributed by atoms with Crippen LogP contribution in [-0.2, 0) is 9.53 Å². The van der Waals surface area contributed by atoms with Gasteiger partial charge >= 0.3 is 5.97 Å². The van der Waals surface area contributed by atoms with Crippen LogP contribution in [0.15, 0.2) is 30.5 Å². The lowest BCUT2D eigenvalue weighted by molar-refractivity contribution is -0.119. The van der Waals surface area contributed by atoms with Crippen LogP contribution in [0.1, 0.15) is 31.3 Å². The number of halogens is 3. The van der Waals surface area contributed by atoms with E-state index in [9.17, 15) is 9.59 Å². The minimum absolute atomic E-state index is 0.00246. The third kappa shape index (κ3) is 5.50. The summed E-state index contributed by atoms with van der Waals surface area (Å²) >= 11 is 17.6. The van der Waals surface area contributed by atoms with Crippen LogP contribution in [0.5, 0.6) is 0 Å². The topological polar surface area (TPSA) is 71.5 Å². The van der Waals surface area contributed by atoms with E-state index in [0.717, 1.165) is 12.2 Å². The molecule has 1 N–H and O–H groups in total. The number of anilines is 2. The Bertz CT molecular complexity index is 857. The smallest absolute Gasteiger partial charge is 0.359 e. The minimum Gasteiger partial charge on any atom is -0.451 e. The molecule has 0 spiro atoms. The number of amides is 1. The zero-order valence-electron chi connectivity index (χ0n) is 15.6. The summed E-state index contributed by atoms with van der Waals surface area (Å²) in [6.07, 6.45) is 1.19. The highest BCUT2D eigenvalue weighted by molar-refractivity contribution is 6.48. The van der Waals surface area contributed by atoms with Gasteiger partial charge in [0.1, 0.15) is 0 Å². The third-order valence-corrected chi connectivity index (χ3v) is 5.13. The highest BCUT2D eigenvalue weighted by Gasteiger charge is 2.19. The van der Waals surface area contributed by atoms with Crippen LogP contribution in [0, 0.1) is 0 Å². The van der Waals surface area contributed by atoms with E-state index in [1.165, 1.54) is 6.20 Å². The molecule has 2 aromatic rings. The number of benzene rings is 1. The summed E-state index contributed by atoms with van der Waals surface area (Å²) in [4.78, 5) is 30.1. The molecule has 1 heterocycles. The Morgan fingerprint density at radius 3 is 2.36 bits per heavy atom. The molecule has 0 fully saturated rings. The second-order valence-corrected chi connectivity index (χ2v) is 7.30. The van der Waals surface area contributed by atoms with Crippen molar-refractivity contribution in [1.82, 2.24) is 4.98 Å². The Labute approximate surface area is 178 Å². The first-order valence-electron chi connectivity index (χ1n) is 8.57. The molecule has 0 bridgehead atoms. The van der Waals surface area contributed by atoms with Crippen molar-refractivity contribution in [2.24, 2.45) is 0 Å². The van der Waals surface area contributed by atoms with Gasteiger partial charge in [0.25, 0.3) is 5.91 Å². The van der Waals surface area contributed by atoms with E-state index < -0.39 is 18.5 Å². The molecule has 0 aliphatic rings. The van der Waals surface area contributed by atoms with Crippen molar-refractivity contribution in [1.29, 1.82) is 0 Å². The largest absolute Gasteiger partial charge is 0.451 e. The normalized spacial score (nSPS) is 10.7. The number of aromatic nitrogens is 1. The molecule has 28 heavy (non-hydrogen) atoms. The number of nitrogens with one attached hydrogen (secondary N) is 1. The Balaban J connectivity index is 1.94. The molecule has 0 atom stereocenters. The van der Waals surface area contributed by atoms with E-state index in [-0.39, 0.29) is 20.8 Å². The Morgan fingerprint density at radius 1 is 1.14 bits per heavy atom. The van der Waals surface area contributed by atoms with Gasteiger partial charge in [-0.3, -0.25) is 4.79 Å². The molecule has 0 saturated carbocycles. The van der Waals surface area contributed by atoms with Crippen molar-refractivity contribution in [3.63, 3.8) is 0 Å². The van der Waals surface area contributed by atoms with E-state index in [4.69, 9.17) is 39.5 Å². The fourth-order valence-corrected chi connectivity index (χ4v) is 3.12. The van der Waals surface area contributed by atoms with Gasteiger partial charge in [-0.2, -0.15) is 0 Å². The summed E-state index contributed by atoms with van der Waals surface area (Å²) in [5.74, 6) is -1.36. The minimum atomic E-state index is -0.871. The number of hydrogen-bond acceptors (Lipinski definition) is 5. The van der Waals surface area contributed by atoms with Gasteiger partial charge in [0.05, 0.1) is 15.1 Å². The molecule has 0 aliphatic heterocycles. The van der Waals surface area contributed by atoms with Gasteiger partial charge in [-0.1, -0.05) is 34.8 Å². The van der Waals surface area contributed by atoms with Crippen LogP contribution >= 0.6 is 34.8 Å². The molecule has 150 valence electrons. The quantitative estimate of drug-likeness (QED) is 0.604. The maximum atomic E-state index is 12.0. The maximum absolute atomic E-state index is 12.0. The van der Waals surface area contributed by atoms with Gasteiger partial charge in [-0.15, -0.1) is 0 Å². The third-order valence-electron chi connectivity index (χ3n) is 3.89. The molecule has 1 aromatic heterocycles. The van der Waals surface area contributed by atoms with Crippen molar-refractivity contribution in [2.75, 3.05) is 23.4 Å². The standard InChI is InChI=1S/C19H20Cl3N3O3/c1-4-25(11(2)3)13-7-5-12(6-8-13)24-15(26)10-28-19(27)18-17(22)16(21)14(20)9-23-18/h5-9,11H,4,10H2,1-3H3,(H,24,26). The van der Waals surface area contributed by atoms with Crippen molar-refractivity contribution < 1.29 is 14.3 Å². The molecule has 2 rings (SSSR count). The number of carbonyl (C=O) groups excluding carboxylic acids is 2. The summed E-state index contributed by atoms with van der Waals surface area (Å²) < 4.78 is 4.94. The van der Waals surface area contributed by atoms with Crippen LogP contribution in [0.3, 0.4) is 0 Å². The monoisotopic (exact) mass is 443 g/mol. The molecule has 0 unspecified atom stereocenters. The second kappa shape index (κ2) is 9.96. The van der Waals surface area contributed by atoms with Gasteiger partial charge in [-0.25, -0.2) is 9.78 Å². The van der Waals surface area contributed by atoms with Gasteiger partial charge < -0.3 is 15.0 Å². The lowest BCUT2D eigenvalue weighted by Crippen LogP contribution is -2.30. The predicted octanol–water partition coefficient (Wildman–Crippen LogP) is 5.07. The zero-order chi connectivity index (χ0) is 20.8. The van der Waals surface area contributed by atoms with Crippen molar-refractivity contribution in [2.45, 2.75) is 26.8 Å². The van der Waals surface area contributed by atoms with Gasteiger partial charge in [0.2, 0.25) is 0 Å². The molecule has 0 saturated heterocycles. The lowest BCUT2D eigenvalue weighted by Gasteiger charge is -2.27. The number of hydrogen-bond donors (Lipinski definition) is 1. The summed E-state index contributed by atoms with van der Waals surface area (Å²) in [6.45, 7) is 6.70. The molecule has 1 amide bonds. The number of carbonyl (C=O) groups is 2. The van der Waals surface area contributed by atoms with E-state index in [0.29, 0.717) is 11.7 Å². The summed E-state index contributed by atoms with van der Waals surface area (Å²) in [6, 6.07) is 7.79. The van der Waals surface area contributed by atoms with Crippen LogP contribution < -0.4 is 10.2 Å². The average molecular weight is 445 g/mol. The first-order chi connectivity index (χ1) is 13.2. The summed E-state index contributed by atoms with van der Waals surface area (Å²) in [5.41, 5.74) is 1.44. The molecule has 0 aliphatic carbocycles. The highest BCUT2D eigenvalue weighted by Crippen LogP contribution is 2.31. The number of pyridine rings is 1. The second-order valence-electron chi connectivity index (χ2n) is 6.13. The summed E-state index contributed by atoms with van der Waals surface area (Å²) in [7, 11) is 0. The Morgan fingerprint density at radius 2 is 1.79 bits per heavy atom. The SMILES string of the molecule is CCN(c1ccc(NC(=O)COC(=O)c2ncc(Cl)c(Cl)c2Cl)cc1)C(C)C. The van der Waals surface area contributed by atoms with E-state index in [1.807, 2.05) is 12.1 Å². The number of ether oxygens (including phenoxy) is 1. The molecule has 6 nitrogen and oxygen atoms in total. The Hall–Kier alpha value is -2.02. The average Bonchev–Trinajstić information content (AvgIpc) is 2.66. The molecular weight excluding hydrogens is 425 g/mol. The number of nitrogens with zero attached hydrogens (tertiary/aromatic N) is 2. The van der Waals surface area contributed by atoms with Gasteiger partial charge in [-0.05, 0) is 45.0 Å². The van der Waals surface area contributed by atoms with Crippen LogP contribution in [0.25, 0.3) is 0 Å². The summed E-state index contributed by atoms with van der Waals surface area (Å²) in [5, 5.41) is 2.65. The van der Waals surface area contributed by atoms with Crippen LogP contribution in [-0.4, -0.2) is 36.1 Å². The predicted molar refractivity (Wildman–Crippen MR) is 113 cm³/mol. The van der Waals surface area contributed by atoms with E-state index >= 15 is 0 Å². The van der Waals surface area contributed by atoms with Crippen molar-refractivity contribution in [3.05, 3.63) is 51.2 Å². The van der Waals surface area contributed by atoms with Crippen molar-refractivity contribution >= 4 is 58.1 Å². The van der Waals surface area contributed by atoms with E-state index in [1.54, 1.807) is 12.1 Å². The lowest BCUT2D eigenvalue weighted by atomic mass is 10.2. The molecule has 9 heteroatoms. The first-order valence-corrected chi connectivity index (χ1v) is 9.71. The Kier molecular flexibility index (Phi) is 7.92. The first kappa shape index (κ1) is 22.3. The molecular formula is C19H20Cl3N3O3. The maximum Gasteiger partial charge on any atom is 0.359 e. The highest BCUT2D eigenvalue weighted by atomic mass is 35.5. The van der Waals surface area contributed by atoms with Crippen LogP contribution in [0.4, 0.5) is 11.4 Å². The number of esters is 1.